The molecule has 1 heteroatoms. The third kappa shape index (κ3) is 4.05. The van der Waals surface area contributed by atoms with E-state index in [0.717, 1.165) is 54.6 Å². The molecule has 0 unspecified atom stereocenters. The molecule has 0 fully saturated rings. The van der Waals surface area contributed by atoms with Crippen LogP contribution in [0, 0.1) is 13.8 Å². The first-order chi connectivity index (χ1) is 21.6. The van der Waals surface area contributed by atoms with Gasteiger partial charge < -0.3 is 0 Å². The lowest BCUT2D eigenvalue weighted by molar-refractivity contribution is 0.104. The summed E-state index contributed by atoms with van der Waals surface area (Å²) in [6.45, 7) is 4.29. The lowest BCUT2D eigenvalue weighted by Crippen LogP contribution is -2.07. The number of benzene rings is 8. The first kappa shape index (κ1) is 26.1. The summed E-state index contributed by atoms with van der Waals surface area (Å²) in [5, 5.41) is 9.11. The molecule has 0 aliphatic rings. The molecular weight excluding hydrogens is 532 g/mol. The summed E-state index contributed by atoms with van der Waals surface area (Å²) in [6, 6.07) is 50.8. The topological polar surface area (TPSA) is 17.1 Å². The van der Waals surface area contributed by atoms with Gasteiger partial charge in [0.15, 0.2) is 5.78 Å². The largest absolute Gasteiger partial charge is 0.289 e. The average molecular weight is 563 g/mol. The maximum atomic E-state index is 15.1. The maximum absolute atomic E-state index is 15.1. The van der Waals surface area contributed by atoms with Crippen LogP contribution in [-0.4, -0.2) is 5.78 Å². The SMILES string of the molecule is Cc1ccc(-c2c(C(=O)c3ccc4ccccc4c3-c3ccc(C)c4ccccc34)ccc3ccccc23)c2ccccc12. The Morgan fingerprint density at radius 3 is 1.16 bits per heavy atom. The number of fused-ring (bicyclic) bond motifs is 4. The van der Waals surface area contributed by atoms with Crippen LogP contribution in [0.4, 0.5) is 0 Å². The number of rotatable bonds is 4. The standard InChI is InChI=1S/C43H30O/c1-27-19-23-37(35-17-9-7-13-31(27)35)41-33-15-5-3-11-29(33)21-25-39(41)43(44)40-26-22-30-12-4-6-16-34(30)42(40)38-24-20-28(2)32-14-8-10-18-36(32)38/h3-26H,1-2H3. The van der Waals surface area contributed by atoms with Crippen molar-refractivity contribution in [3.8, 4) is 22.3 Å². The molecular formula is C43H30O. The van der Waals surface area contributed by atoms with Crippen molar-refractivity contribution in [3.05, 3.63) is 168 Å². The molecule has 8 aromatic carbocycles. The molecule has 0 aliphatic heterocycles. The van der Waals surface area contributed by atoms with E-state index in [1.54, 1.807) is 0 Å². The Bertz CT molecular complexity index is 2260. The lowest BCUT2D eigenvalue weighted by Gasteiger charge is -2.19. The van der Waals surface area contributed by atoms with Crippen LogP contribution in [0.25, 0.3) is 65.3 Å². The van der Waals surface area contributed by atoms with Gasteiger partial charge in [0.1, 0.15) is 0 Å². The number of hydrogen-bond acceptors (Lipinski definition) is 1. The molecule has 8 rings (SSSR count). The average Bonchev–Trinajstić information content (AvgIpc) is 3.08. The zero-order valence-electron chi connectivity index (χ0n) is 24.8. The van der Waals surface area contributed by atoms with Crippen molar-refractivity contribution in [2.45, 2.75) is 13.8 Å². The lowest BCUT2D eigenvalue weighted by atomic mass is 9.83. The van der Waals surface area contributed by atoms with Gasteiger partial charge in [0.25, 0.3) is 0 Å². The third-order valence-electron chi connectivity index (χ3n) is 9.17. The Labute approximate surface area is 257 Å². The normalized spacial score (nSPS) is 11.5. The second kappa shape index (κ2) is 10.3. The highest BCUT2D eigenvalue weighted by molar-refractivity contribution is 6.24. The Morgan fingerprint density at radius 2 is 0.727 bits per heavy atom. The molecule has 0 bridgehead atoms. The van der Waals surface area contributed by atoms with Gasteiger partial charge >= 0.3 is 0 Å². The van der Waals surface area contributed by atoms with Crippen LogP contribution in [0.15, 0.2) is 146 Å². The van der Waals surface area contributed by atoms with Crippen LogP contribution < -0.4 is 0 Å². The molecule has 0 amide bonds. The van der Waals surface area contributed by atoms with E-state index in [1.807, 2.05) is 12.1 Å². The molecule has 0 atom stereocenters. The van der Waals surface area contributed by atoms with Gasteiger partial charge in [-0.3, -0.25) is 4.79 Å². The zero-order valence-corrected chi connectivity index (χ0v) is 24.8. The molecule has 8 aromatic rings. The van der Waals surface area contributed by atoms with Crippen molar-refractivity contribution in [3.63, 3.8) is 0 Å². The summed E-state index contributed by atoms with van der Waals surface area (Å²) in [5.41, 5.74) is 8.00. The van der Waals surface area contributed by atoms with Crippen molar-refractivity contribution in [2.75, 3.05) is 0 Å². The monoisotopic (exact) mass is 562 g/mol. The molecule has 0 saturated carbocycles. The van der Waals surface area contributed by atoms with Crippen molar-refractivity contribution in [1.82, 2.24) is 0 Å². The molecule has 208 valence electrons. The van der Waals surface area contributed by atoms with E-state index in [9.17, 15) is 0 Å². The first-order valence-electron chi connectivity index (χ1n) is 15.2. The Hall–Kier alpha value is -5.53. The quantitative estimate of drug-likeness (QED) is 0.195. The van der Waals surface area contributed by atoms with Gasteiger partial charge in [-0.15, -0.1) is 0 Å². The predicted molar refractivity (Wildman–Crippen MR) is 187 cm³/mol. The molecule has 1 nitrogen and oxygen atoms in total. The minimum Gasteiger partial charge on any atom is -0.289 e. The summed E-state index contributed by atoms with van der Waals surface area (Å²) in [4.78, 5) is 15.1. The van der Waals surface area contributed by atoms with E-state index in [2.05, 4.69) is 147 Å². The van der Waals surface area contributed by atoms with E-state index in [0.29, 0.717) is 11.1 Å². The molecule has 0 heterocycles. The van der Waals surface area contributed by atoms with Crippen LogP contribution in [-0.2, 0) is 0 Å². The maximum Gasteiger partial charge on any atom is 0.194 e. The summed E-state index contributed by atoms with van der Waals surface area (Å²) in [7, 11) is 0. The number of hydrogen-bond donors (Lipinski definition) is 0. The summed E-state index contributed by atoms with van der Waals surface area (Å²) in [6.07, 6.45) is 0. The van der Waals surface area contributed by atoms with Crippen LogP contribution in [0.2, 0.25) is 0 Å². The summed E-state index contributed by atoms with van der Waals surface area (Å²) >= 11 is 0. The Balaban J connectivity index is 1.46. The molecule has 0 spiro atoms. The fourth-order valence-electron chi connectivity index (χ4n) is 6.98. The highest BCUT2D eigenvalue weighted by Crippen LogP contribution is 2.42. The zero-order chi connectivity index (χ0) is 29.8. The highest BCUT2D eigenvalue weighted by Gasteiger charge is 2.24. The van der Waals surface area contributed by atoms with Gasteiger partial charge in [-0.25, -0.2) is 0 Å². The summed E-state index contributed by atoms with van der Waals surface area (Å²) < 4.78 is 0. The van der Waals surface area contributed by atoms with E-state index in [-0.39, 0.29) is 5.78 Å². The van der Waals surface area contributed by atoms with E-state index in [4.69, 9.17) is 0 Å². The molecule has 0 aromatic heterocycles. The van der Waals surface area contributed by atoms with Gasteiger partial charge in [-0.2, -0.15) is 0 Å². The Kier molecular flexibility index (Phi) is 6.13. The molecule has 0 aliphatic carbocycles. The van der Waals surface area contributed by atoms with Gasteiger partial charge in [0.05, 0.1) is 0 Å². The molecule has 44 heavy (non-hydrogen) atoms. The smallest absolute Gasteiger partial charge is 0.194 e. The van der Waals surface area contributed by atoms with Crippen molar-refractivity contribution < 1.29 is 4.79 Å². The molecule has 0 N–H and O–H groups in total. The Morgan fingerprint density at radius 1 is 0.364 bits per heavy atom. The van der Waals surface area contributed by atoms with E-state index in [1.165, 1.54) is 21.9 Å². The third-order valence-corrected chi connectivity index (χ3v) is 9.17. The number of carbonyl (C=O) groups excluding carboxylic acids is 1. The predicted octanol–water partition coefficient (Wildman–Crippen LogP) is 11.5. The summed E-state index contributed by atoms with van der Waals surface area (Å²) in [5.74, 6) is 0.0285. The fourth-order valence-corrected chi connectivity index (χ4v) is 6.98. The fraction of sp³-hybridized carbons (Fsp3) is 0.0465. The van der Waals surface area contributed by atoms with Gasteiger partial charge in [0.2, 0.25) is 0 Å². The van der Waals surface area contributed by atoms with E-state index < -0.39 is 0 Å². The van der Waals surface area contributed by atoms with Crippen LogP contribution >= 0.6 is 0 Å². The van der Waals surface area contributed by atoms with Gasteiger partial charge in [0, 0.05) is 22.3 Å². The van der Waals surface area contributed by atoms with Gasteiger partial charge in [-0.05, 0) is 91.3 Å². The molecule has 0 radical (unpaired) electrons. The van der Waals surface area contributed by atoms with Crippen molar-refractivity contribution in [2.24, 2.45) is 0 Å². The van der Waals surface area contributed by atoms with Gasteiger partial charge in [-0.1, -0.05) is 133 Å². The van der Waals surface area contributed by atoms with Crippen molar-refractivity contribution >= 4 is 48.9 Å². The van der Waals surface area contributed by atoms with Crippen LogP contribution in [0.1, 0.15) is 27.0 Å². The van der Waals surface area contributed by atoms with Crippen LogP contribution in [0.5, 0.6) is 0 Å². The van der Waals surface area contributed by atoms with Crippen LogP contribution in [0.3, 0.4) is 0 Å². The number of ketones is 1. The van der Waals surface area contributed by atoms with Crippen molar-refractivity contribution in [1.29, 1.82) is 0 Å². The minimum atomic E-state index is 0.0285. The minimum absolute atomic E-state index is 0.0285. The second-order valence-corrected chi connectivity index (χ2v) is 11.7. The first-order valence-corrected chi connectivity index (χ1v) is 15.2. The number of carbonyl (C=O) groups is 1. The van der Waals surface area contributed by atoms with E-state index >= 15 is 4.79 Å². The number of aryl methyl sites for hydroxylation is 2. The molecule has 0 saturated heterocycles. The highest BCUT2D eigenvalue weighted by atomic mass is 16.1. The second-order valence-electron chi connectivity index (χ2n) is 11.7.